The van der Waals surface area contributed by atoms with Gasteiger partial charge in [0, 0.05) is 38.8 Å². The van der Waals surface area contributed by atoms with Gasteiger partial charge in [0.2, 0.25) is 5.89 Å². The first kappa shape index (κ1) is 17.2. The van der Waals surface area contributed by atoms with Crippen LogP contribution in [0.15, 0.2) is 10.7 Å². The van der Waals surface area contributed by atoms with Gasteiger partial charge in [-0.15, -0.1) is 0 Å². The summed E-state index contributed by atoms with van der Waals surface area (Å²) in [5, 5.41) is 8.59. The summed E-state index contributed by atoms with van der Waals surface area (Å²) in [6, 6.07) is -0.0631. The van der Waals surface area contributed by atoms with Crippen LogP contribution in [0.1, 0.15) is 72.3 Å². The van der Waals surface area contributed by atoms with E-state index in [1.54, 1.807) is 4.68 Å². The summed E-state index contributed by atoms with van der Waals surface area (Å²) < 4.78 is 7.24. The van der Waals surface area contributed by atoms with Gasteiger partial charge in [-0.2, -0.15) is 10.1 Å². The van der Waals surface area contributed by atoms with Crippen LogP contribution >= 0.6 is 0 Å². The highest BCUT2D eigenvalue weighted by atomic mass is 16.5. The molecule has 2 aromatic heterocycles. The number of amides is 1. The van der Waals surface area contributed by atoms with Crippen molar-refractivity contribution in [1.29, 1.82) is 0 Å². The third kappa shape index (κ3) is 3.13. The summed E-state index contributed by atoms with van der Waals surface area (Å²) in [5.74, 6) is 2.12. The zero-order valence-electron chi connectivity index (χ0n) is 15.8. The van der Waals surface area contributed by atoms with E-state index in [4.69, 9.17) is 4.52 Å². The number of aromatic nitrogens is 4. The van der Waals surface area contributed by atoms with E-state index in [-0.39, 0.29) is 17.9 Å². The van der Waals surface area contributed by atoms with Gasteiger partial charge in [-0.1, -0.05) is 19.0 Å². The van der Waals surface area contributed by atoms with Crippen molar-refractivity contribution in [2.24, 2.45) is 7.05 Å². The monoisotopic (exact) mass is 358 g/mol. The van der Waals surface area contributed by atoms with Crippen molar-refractivity contribution >= 4 is 5.91 Å². The summed E-state index contributed by atoms with van der Waals surface area (Å²) >= 11 is 0. The molecule has 1 saturated heterocycles. The fourth-order valence-corrected chi connectivity index (χ4v) is 3.48. The molecule has 0 N–H and O–H groups in total. The maximum Gasteiger partial charge on any atom is 0.257 e. The molecule has 0 aromatic carbocycles. The van der Waals surface area contributed by atoms with Crippen LogP contribution < -0.4 is 0 Å². The number of carbonyl (C=O) groups excluding carboxylic acids is 1. The molecule has 0 radical (unpaired) electrons. The molecule has 0 bridgehead atoms. The first-order chi connectivity index (χ1) is 12.4. The lowest BCUT2D eigenvalue weighted by Gasteiger charge is -2.37. The lowest BCUT2D eigenvalue weighted by molar-refractivity contribution is 0.0487. The number of nitrogens with zero attached hydrogens (tertiary/aromatic N) is 6. The minimum Gasteiger partial charge on any atom is -0.338 e. The Morgan fingerprint density at radius 1 is 1.27 bits per heavy atom. The van der Waals surface area contributed by atoms with Gasteiger partial charge in [-0.3, -0.25) is 14.4 Å². The Labute approximate surface area is 153 Å². The molecule has 8 nitrogen and oxygen atoms in total. The zero-order valence-corrected chi connectivity index (χ0v) is 15.8. The maximum atomic E-state index is 13.1. The second-order valence-electron chi connectivity index (χ2n) is 7.77. The third-order valence-electron chi connectivity index (χ3n) is 5.25. The number of aryl methyl sites for hydroxylation is 1. The Kier molecular flexibility index (Phi) is 4.30. The molecule has 1 saturated carbocycles. The smallest absolute Gasteiger partial charge is 0.257 e. The Morgan fingerprint density at radius 3 is 2.73 bits per heavy atom. The summed E-state index contributed by atoms with van der Waals surface area (Å²) in [6.07, 6.45) is 4.11. The molecule has 1 amide bonds. The van der Waals surface area contributed by atoms with Gasteiger partial charge in [-0.05, 0) is 25.8 Å². The van der Waals surface area contributed by atoms with Crippen molar-refractivity contribution in [2.75, 3.05) is 26.7 Å². The quantitative estimate of drug-likeness (QED) is 0.831. The predicted molar refractivity (Wildman–Crippen MR) is 94.8 cm³/mol. The molecule has 2 fully saturated rings. The van der Waals surface area contributed by atoms with Crippen LogP contribution in [0.25, 0.3) is 0 Å². The van der Waals surface area contributed by atoms with Crippen LogP contribution in [0.3, 0.4) is 0 Å². The predicted octanol–water partition coefficient (Wildman–Crippen LogP) is 1.93. The summed E-state index contributed by atoms with van der Waals surface area (Å²) in [6.45, 7) is 6.12. The first-order valence-electron chi connectivity index (χ1n) is 9.30. The number of likely N-dealkylation sites (N-methyl/N-ethyl adjacent to an activating group) is 1. The number of carbonyl (C=O) groups is 1. The molecule has 3 heterocycles. The van der Waals surface area contributed by atoms with Crippen LogP contribution in [-0.4, -0.2) is 62.3 Å². The fourth-order valence-electron chi connectivity index (χ4n) is 3.48. The molecule has 1 unspecified atom stereocenters. The van der Waals surface area contributed by atoms with E-state index in [2.05, 4.69) is 34.0 Å². The average Bonchev–Trinajstić information content (AvgIpc) is 3.20. The topological polar surface area (TPSA) is 80.3 Å². The summed E-state index contributed by atoms with van der Waals surface area (Å²) in [4.78, 5) is 21.8. The molecule has 26 heavy (non-hydrogen) atoms. The van der Waals surface area contributed by atoms with Gasteiger partial charge in [0.15, 0.2) is 5.82 Å². The largest absolute Gasteiger partial charge is 0.338 e. The fraction of sp³-hybridized carbons (Fsp3) is 0.667. The molecule has 0 spiro atoms. The van der Waals surface area contributed by atoms with E-state index in [1.807, 2.05) is 25.2 Å². The van der Waals surface area contributed by atoms with E-state index in [1.165, 1.54) is 0 Å². The Morgan fingerprint density at radius 2 is 2.04 bits per heavy atom. The van der Waals surface area contributed by atoms with Crippen molar-refractivity contribution in [1.82, 2.24) is 29.7 Å². The second-order valence-corrected chi connectivity index (χ2v) is 7.77. The Balaban J connectivity index is 1.54. The normalized spacial score (nSPS) is 21.6. The molecule has 2 aromatic rings. The molecule has 140 valence electrons. The molecular formula is C18H26N6O2. The van der Waals surface area contributed by atoms with E-state index < -0.39 is 0 Å². The van der Waals surface area contributed by atoms with Gasteiger partial charge < -0.3 is 9.42 Å². The first-order valence-corrected chi connectivity index (χ1v) is 9.30. The minimum absolute atomic E-state index is 0.0295. The van der Waals surface area contributed by atoms with E-state index in [0.29, 0.717) is 30.5 Å². The van der Waals surface area contributed by atoms with Crippen LogP contribution in [0, 0.1) is 0 Å². The molecule has 4 rings (SSSR count). The molecular weight excluding hydrogens is 332 g/mol. The summed E-state index contributed by atoms with van der Waals surface area (Å²) in [5.41, 5.74) is 1.54. The van der Waals surface area contributed by atoms with Crippen molar-refractivity contribution in [3.8, 4) is 0 Å². The number of hydrogen-bond donors (Lipinski definition) is 0. The molecule has 1 atom stereocenters. The number of rotatable bonds is 4. The van der Waals surface area contributed by atoms with Gasteiger partial charge in [0.1, 0.15) is 6.04 Å². The van der Waals surface area contributed by atoms with Gasteiger partial charge in [-0.25, -0.2) is 0 Å². The van der Waals surface area contributed by atoms with E-state index in [0.717, 1.165) is 30.9 Å². The maximum absolute atomic E-state index is 13.1. The molecule has 1 aliphatic carbocycles. The summed E-state index contributed by atoms with van der Waals surface area (Å²) in [7, 11) is 3.89. The Bertz CT molecular complexity index is 806. The lowest BCUT2D eigenvalue weighted by Crippen LogP contribution is -2.49. The molecule has 8 heteroatoms. The number of hydrogen-bond acceptors (Lipinski definition) is 6. The van der Waals surface area contributed by atoms with Crippen molar-refractivity contribution in [3.63, 3.8) is 0 Å². The van der Waals surface area contributed by atoms with Crippen LogP contribution in [-0.2, 0) is 7.05 Å². The molecule has 2 aliphatic rings. The average molecular weight is 358 g/mol. The minimum atomic E-state index is -0.0631. The van der Waals surface area contributed by atoms with E-state index in [9.17, 15) is 4.79 Å². The zero-order chi connectivity index (χ0) is 18.4. The third-order valence-corrected chi connectivity index (χ3v) is 5.25. The van der Waals surface area contributed by atoms with Crippen molar-refractivity contribution in [3.05, 3.63) is 29.2 Å². The van der Waals surface area contributed by atoms with Gasteiger partial charge in [0.25, 0.3) is 5.91 Å². The van der Waals surface area contributed by atoms with Gasteiger partial charge in [0.05, 0.1) is 11.3 Å². The van der Waals surface area contributed by atoms with E-state index >= 15 is 0 Å². The second kappa shape index (κ2) is 6.50. The van der Waals surface area contributed by atoms with Gasteiger partial charge >= 0.3 is 0 Å². The standard InChI is InChI=1S/C18H26N6O2/c1-11(2)15-13(9-23(4)20-15)18(25)24-8-7-22(3)14(10-24)17-19-16(21-26-17)12-5-6-12/h9,11-12,14H,5-8,10H2,1-4H3. The highest BCUT2D eigenvalue weighted by Crippen LogP contribution is 2.39. The SMILES string of the molecule is CC(C)c1nn(C)cc1C(=O)N1CCN(C)C(c2nc(C3CC3)no2)C1. The number of piperazine rings is 1. The van der Waals surface area contributed by atoms with Crippen LogP contribution in [0.5, 0.6) is 0 Å². The van der Waals surface area contributed by atoms with Crippen LogP contribution in [0.2, 0.25) is 0 Å². The Hall–Kier alpha value is -2.22. The highest BCUT2D eigenvalue weighted by Gasteiger charge is 2.36. The lowest BCUT2D eigenvalue weighted by atomic mass is 10.0. The van der Waals surface area contributed by atoms with Crippen molar-refractivity contribution in [2.45, 2.75) is 44.6 Å². The molecule has 1 aliphatic heterocycles. The highest BCUT2D eigenvalue weighted by molar-refractivity contribution is 5.95. The van der Waals surface area contributed by atoms with Crippen molar-refractivity contribution < 1.29 is 9.32 Å². The van der Waals surface area contributed by atoms with Crippen LogP contribution in [0.4, 0.5) is 0 Å².